The Labute approximate surface area is 136 Å². The number of aromatic nitrogens is 3. The molecule has 6 nitrogen and oxygen atoms in total. The lowest BCUT2D eigenvalue weighted by Crippen LogP contribution is -2.25. The van der Waals surface area contributed by atoms with Crippen LogP contribution >= 0.6 is 11.3 Å². The van der Waals surface area contributed by atoms with E-state index in [-0.39, 0.29) is 11.3 Å². The Hall–Kier alpha value is -2.80. The molecule has 0 radical (unpaired) electrons. The van der Waals surface area contributed by atoms with Crippen molar-refractivity contribution in [3.63, 3.8) is 0 Å². The number of hydrogen-bond donors (Lipinski definition) is 0. The third-order valence-corrected chi connectivity index (χ3v) is 4.07. The summed E-state index contributed by atoms with van der Waals surface area (Å²) in [5, 5.41) is 5.98. The number of aryl methyl sites for hydroxylation is 1. The number of amides is 1. The zero-order chi connectivity index (χ0) is 16.2. The maximum absolute atomic E-state index is 12.2. The van der Waals surface area contributed by atoms with Crippen LogP contribution in [0.4, 0.5) is 0 Å². The van der Waals surface area contributed by atoms with Crippen molar-refractivity contribution in [3.8, 4) is 0 Å². The standard InChI is InChI=1S/C16H14N4O2S/c1-19-9-10-23-16(19)17-15(22)13-7-8-14(21)20(18-13)11-12-5-3-2-4-6-12/h2-10H,11H2,1H3. The SMILES string of the molecule is Cn1ccsc1=NC(=O)c1ccc(=O)n(Cc2ccccc2)n1. The number of thiazole rings is 1. The van der Waals surface area contributed by atoms with Crippen LogP contribution in [-0.4, -0.2) is 20.3 Å². The summed E-state index contributed by atoms with van der Waals surface area (Å²) in [7, 11) is 1.81. The molecule has 2 heterocycles. The molecule has 0 unspecified atom stereocenters. The molecule has 0 atom stereocenters. The molecule has 0 aliphatic heterocycles. The fourth-order valence-corrected chi connectivity index (χ4v) is 2.74. The predicted molar refractivity (Wildman–Crippen MR) is 87.2 cm³/mol. The van der Waals surface area contributed by atoms with Crippen LogP contribution in [0, 0.1) is 0 Å². The van der Waals surface area contributed by atoms with Crippen LogP contribution in [0.2, 0.25) is 0 Å². The molecular weight excluding hydrogens is 312 g/mol. The molecule has 3 aromatic rings. The molecule has 0 bridgehead atoms. The maximum atomic E-state index is 12.2. The van der Waals surface area contributed by atoms with Crippen LogP contribution in [0.15, 0.2) is 63.8 Å². The van der Waals surface area contributed by atoms with Crippen LogP contribution in [0.5, 0.6) is 0 Å². The Balaban J connectivity index is 1.93. The Morgan fingerprint density at radius 2 is 2.00 bits per heavy atom. The fraction of sp³-hybridized carbons (Fsp3) is 0.125. The van der Waals surface area contributed by atoms with E-state index in [1.165, 1.54) is 28.2 Å². The highest BCUT2D eigenvalue weighted by Crippen LogP contribution is 2.01. The zero-order valence-corrected chi connectivity index (χ0v) is 13.2. The first-order valence-electron chi connectivity index (χ1n) is 6.95. The third kappa shape index (κ3) is 3.51. The molecule has 2 aromatic heterocycles. The zero-order valence-electron chi connectivity index (χ0n) is 12.4. The Bertz CT molecular complexity index is 954. The van der Waals surface area contributed by atoms with Crippen molar-refractivity contribution in [1.29, 1.82) is 0 Å². The van der Waals surface area contributed by atoms with Crippen LogP contribution in [0.3, 0.4) is 0 Å². The fourth-order valence-electron chi connectivity index (χ4n) is 2.01. The van der Waals surface area contributed by atoms with E-state index in [1.807, 2.05) is 49.0 Å². The highest BCUT2D eigenvalue weighted by molar-refractivity contribution is 7.07. The van der Waals surface area contributed by atoms with E-state index in [0.717, 1.165) is 5.56 Å². The second-order valence-electron chi connectivity index (χ2n) is 4.91. The van der Waals surface area contributed by atoms with Crippen molar-refractivity contribution in [2.24, 2.45) is 12.0 Å². The van der Waals surface area contributed by atoms with Gasteiger partial charge in [-0.05, 0) is 11.6 Å². The van der Waals surface area contributed by atoms with Gasteiger partial charge in [-0.1, -0.05) is 30.3 Å². The summed E-state index contributed by atoms with van der Waals surface area (Å²) in [4.78, 5) is 28.8. The van der Waals surface area contributed by atoms with Crippen molar-refractivity contribution >= 4 is 17.2 Å². The van der Waals surface area contributed by atoms with E-state index >= 15 is 0 Å². The minimum atomic E-state index is -0.468. The lowest BCUT2D eigenvalue weighted by molar-refractivity contribution is 0.0990. The molecule has 1 amide bonds. The number of nitrogens with zero attached hydrogens (tertiary/aromatic N) is 4. The molecule has 0 aliphatic rings. The average molecular weight is 326 g/mol. The molecule has 0 saturated carbocycles. The number of carbonyl (C=O) groups is 1. The molecule has 23 heavy (non-hydrogen) atoms. The van der Waals surface area contributed by atoms with Crippen molar-refractivity contribution in [2.75, 3.05) is 0 Å². The van der Waals surface area contributed by atoms with Gasteiger partial charge in [-0.15, -0.1) is 11.3 Å². The molecule has 7 heteroatoms. The first-order valence-corrected chi connectivity index (χ1v) is 7.83. The second kappa shape index (κ2) is 6.53. The Kier molecular flexibility index (Phi) is 4.29. The second-order valence-corrected chi connectivity index (χ2v) is 5.79. The summed E-state index contributed by atoms with van der Waals surface area (Å²) < 4.78 is 3.02. The van der Waals surface area contributed by atoms with Gasteiger partial charge in [0.25, 0.3) is 11.5 Å². The maximum Gasteiger partial charge on any atom is 0.300 e. The highest BCUT2D eigenvalue weighted by Gasteiger charge is 2.09. The van der Waals surface area contributed by atoms with Gasteiger partial charge in [-0.3, -0.25) is 9.59 Å². The summed E-state index contributed by atoms with van der Waals surface area (Å²) >= 11 is 1.36. The minimum absolute atomic E-state index is 0.147. The predicted octanol–water partition coefficient (Wildman–Crippen LogP) is 1.43. The van der Waals surface area contributed by atoms with E-state index in [2.05, 4.69) is 10.1 Å². The van der Waals surface area contributed by atoms with Crippen molar-refractivity contribution in [3.05, 3.63) is 80.5 Å². The van der Waals surface area contributed by atoms with Crippen LogP contribution in [-0.2, 0) is 13.6 Å². The summed E-state index contributed by atoms with van der Waals surface area (Å²) in [6.07, 6.45) is 1.82. The van der Waals surface area contributed by atoms with E-state index < -0.39 is 5.91 Å². The van der Waals surface area contributed by atoms with Gasteiger partial charge in [0.15, 0.2) is 10.5 Å². The number of rotatable bonds is 3. The van der Waals surface area contributed by atoms with Gasteiger partial charge in [-0.2, -0.15) is 10.1 Å². The van der Waals surface area contributed by atoms with Gasteiger partial charge >= 0.3 is 0 Å². The van der Waals surface area contributed by atoms with Gasteiger partial charge in [0.05, 0.1) is 6.54 Å². The number of hydrogen-bond acceptors (Lipinski definition) is 4. The number of carbonyl (C=O) groups excluding carboxylic acids is 1. The lowest BCUT2D eigenvalue weighted by Gasteiger charge is -2.05. The van der Waals surface area contributed by atoms with Crippen molar-refractivity contribution in [1.82, 2.24) is 14.3 Å². The highest BCUT2D eigenvalue weighted by atomic mass is 32.1. The minimum Gasteiger partial charge on any atom is -0.327 e. The number of benzene rings is 1. The lowest BCUT2D eigenvalue weighted by atomic mass is 10.2. The first kappa shape index (κ1) is 15.1. The molecule has 0 spiro atoms. The topological polar surface area (TPSA) is 69.2 Å². The molecule has 116 valence electrons. The largest absolute Gasteiger partial charge is 0.327 e. The summed E-state index contributed by atoms with van der Waals surface area (Å²) in [6.45, 7) is 0.313. The van der Waals surface area contributed by atoms with Gasteiger partial charge in [-0.25, -0.2) is 4.68 Å². The quantitative estimate of drug-likeness (QED) is 0.731. The molecule has 3 rings (SSSR count). The van der Waals surface area contributed by atoms with Gasteiger partial charge in [0, 0.05) is 24.7 Å². The van der Waals surface area contributed by atoms with Crippen molar-refractivity contribution < 1.29 is 4.79 Å². The van der Waals surface area contributed by atoms with Crippen LogP contribution < -0.4 is 10.4 Å². The molecule has 0 aliphatic carbocycles. The first-order chi connectivity index (χ1) is 11.1. The Morgan fingerprint density at radius 1 is 1.22 bits per heavy atom. The Morgan fingerprint density at radius 3 is 2.70 bits per heavy atom. The summed E-state index contributed by atoms with van der Waals surface area (Å²) in [5.41, 5.74) is 0.828. The van der Waals surface area contributed by atoms with Crippen LogP contribution in [0.25, 0.3) is 0 Å². The van der Waals surface area contributed by atoms with E-state index in [0.29, 0.717) is 11.3 Å². The van der Waals surface area contributed by atoms with Gasteiger partial charge < -0.3 is 4.57 Å². The molecular formula is C16H14N4O2S. The van der Waals surface area contributed by atoms with E-state index in [4.69, 9.17) is 0 Å². The summed E-state index contributed by atoms with van der Waals surface area (Å²) in [5.74, 6) is -0.468. The molecule has 0 fully saturated rings. The van der Waals surface area contributed by atoms with Gasteiger partial charge in [0.2, 0.25) is 0 Å². The average Bonchev–Trinajstić information content (AvgIpc) is 2.95. The monoisotopic (exact) mass is 326 g/mol. The van der Waals surface area contributed by atoms with Gasteiger partial charge in [0.1, 0.15) is 0 Å². The third-order valence-electron chi connectivity index (χ3n) is 3.22. The summed E-state index contributed by atoms with van der Waals surface area (Å²) in [6, 6.07) is 12.2. The normalized spacial score (nSPS) is 11.6. The van der Waals surface area contributed by atoms with Crippen molar-refractivity contribution in [2.45, 2.75) is 6.54 Å². The smallest absolute Gasteiger partial charge is 0.300 e. The van der Waals surface area contributed by atoms with E-state index in [1.54, 1.807) is 4.57 Å². The van der Waals surface area contributed by atoms with E-state index in [9.17, 15) is 9.59 Å². The molecule has 0 saturated heterocycles. The van der Waals surface area contributed by atoms with Crippen LogP contribution in [0.1, 0.15) is 16.1 Å². The molecule has 1 aromatic carbocycles. The molecule has 0 N–H and O–H groups in total.